The SMILES string of the molecule is C#CC=C.CC.Cc1cc(C)c(C(C)(C)CC(C)C)c(C)c1. The molecule has 1 rings (SSSR count). The van der Waals surface area contributed by atoms with Gasteiger partial charge in [-0.3, -0.25) is 0 Å². The second-order valence-electron chi connectivity index (χ2n) is 6.63. The minimum absolute atomic E-state index is 0.288. The molecule has 0 aliphatic rings. The summed E-state index contributed by atoms with van der Waals surface area (Å²) in [6.45, 7) is 23.3. The van der Waals surface area contributed by atoms with Crippen molar-refractivity contribution < 1.29 is 0 Å². The van der Waals surface area contributed by atoms with Crippen LogP contribution in [-0.2, 0) is 5.41 Å². The number of hydrogen-bond donors (Lipinski definition) is 0. The summed E-state index contributed by atoms with van der Waals surface area (Å²) in [4.78, 5) is 0. The fraction of sp³-hybridized carbons (Fsp3) is 0.545. The highest BCUT2D eigenvalue weighted by molar-refractivity contribution is 5.42. The average Bonchev–Trinajstić information content (AvgIpc) is 2.38. The van der Waals surface area contributed by atoms with Crippen molar-refractivity contribution in [3.8, 4) is 12.3 Å². The third-order valence-electron chi connectivity index (χ3n) is 3.39. The normalized spacial score (nSPS) is 9.86. The lowest BCUT2D eigenvalue weighted by atomic mass is 9.74. The van der Waals surface area contributed by atoms with Gasteiger partial charge < -0.3 is 0 Å². The van der Waals surface area contributed by atoms with E-state index in [1.54, 1.807) is 5.56 Å². The van der Waals surface area contributed by atoms with Gasteiger partial charge in [0.1, 0.15) is 0 Å². The van der Waals surface area contributed by atoms with Gasteiger partial charge in [0.15, 0.2) is 0 Å². The molecule has 0 spiro atoms. The Balaban J connectivity index is 0. The predicted octanol–water partition coefficient (Wildman–Crippen LogP) is 6.77. The molecule has 0 N–H and O–H groups in total. The van der Waals surface area contributed by atoms with Gasteiger partial charge in [-0.05, 0) is 61.3 Å². The van der Waals surface area contributed by atoms with Crippen molar-refractivity contribution in [2.75, 3.05) is 0 Å². The monoisotopic (exact) mass is 300 g/mol. The van der Waals surface area contributed by atoms with E-state index in [1.165, 1.54) is 29.2 Å². The van der Waals surface area contributed by atoms with Gasteiger partial charge >= 0.3 is 0 Å². The van der Waals surface area contributed by atoms with E-state index in [9.17, 15) is 0 Å². The average molecular weight is 301 g/mol. The standard InChI is InChI=1S/C16H26.C4H4.C2H6/c1-11(2)10-16(6,7)15-13(4)8-12(3)9-14(15)5;1-3-4-2;1-2/h8-9,11H,10H2,1-7H3;1,4H,2H2;1-2H3. The molecular formula is C22H36. The highest BCUT2D eigenvalue weighted by Gasteiger charge is 2.25. The van der Waals surface area contributed by atoms with Crippen molar-refractivity contribution in [2.45, 2.75) is 74.1 Å². The molecule has 0 aliphatic heterocycles. The van der Waals surface area contributed by atoms with E-state index in [2.05, 4.69) is 79.5 Å². The summed E-state index contributed by atoms with van der Waals surface area (Å²) in [6, 6.07) is 4.62. The van der Waals surface area contributed by atoms with Crippen LogP contribution in [0.3, 0.4) is 0 Å². The van der Waals surface area contributed by atoms with Crippen LogP contribution in [0.25, 0.3) is 0 Å². The largest absolute Gasteiger partial charge is 0.115 e. The minimum Gasteiger partial charge on any atom is -0.115 e. The molecule has 0 aromatic heterocycles. The molecule has 22 heavy (non-hydrogen) atoms. The summed E-state index contributed by atoms with van der Waals surface area (Å²) in [5.41, 5.74) is 6.10. The van der Waals surface area contributed by atoms with Crippen LogP contribution in [0.5, 0.6) is 0 Å². The molecule has 0 atom stereocenters. The summed E-state index contributed by atoms with van der Waals surface area (Å²) >= 11 is 0. The Morgan fingerprint density at radius 3 is 1.77 bits per heavy atom. The predicted molar refractivity (Wildman–Crippen MR) is 104 cm³/mol. The third-order valence-corrected chi connectivity index (χ3v) is 3.39. The molecule has 124 valence electrons. The number of rotatable bonds is 3. The van der Waals surface area contributed by atoms with Crippen molar-refractivity contribution in [3.05, 3.63) is 47.0 Å². The first kappa shape index (κ1) is 22.8. The van der Waals surface area contributed by atoms with Crippen LogP contribution in [0.15, 0.2) is 24.8 Å². The van der Waals surface area contributed by atoms with Gasteiger partial charge in [0.05, 0.1) is 0 Å². The third kappa shape index (κ3) is 8.08. The van der Waals surface area contributed by atoms with Crippen molar-refractivity contribution in [1.29, 1.82) is 0 Å². The summed E-state index contributed by atoms with van der Waals surface area (Å²) in [7, 11) is 0. The zero-order valence-electron chi connectivity index (χ0n) is 16.3. The van der Waals surface area contributed by atoms with E-state index in [0.717, 1.165) is 5.92 Å². The van der Waals surface area contributed by atoms with E-state index < -0.39 is 0 Å². The van der Waals surface area contributed by atoms with Crippen LogP contribution in [0, 0.1) is 39.0 Å². The Morgan fingerprint density at radius 1 is 1.14 bits per heavy atom. The van der Waals surface area contributed by atoms with Crippen molar-refractivity contribution in [2.24, 2.45) is 5.92 Å². The summed E-state index contributed by atoms with van der Waals surface area (Å²) in [5, 5.41) is 0. The molecule has 0 saturated carbocycles. The molecular weight excluding hydrogens is 264 g/mol. The number of allylic oxidation sites excluding steroid dienone is 1. The van der Waals surface area contributed by atoms with E-state index in [0.29, 0.717) is 0 Å². The Hall–Kier alpha value is -1.48. The minimum atomic E-state index is 0.288. The number of aryl methyl sites for hydroxylation is 3. The molecule has 0 aliphatic carbocycles. The molecule has 1 aromatic rings. The van der Waals surface area contributed by atoms with E-state index >= 15 is 0 Å². The Bertz CT molecular complexity index is 458. The Kier molecular flexibility index (Phi) is 11.5. The second-order valence-corrected chi connectivity index (χ2v) is 6.63. The molecule has 0 heterocycles. The first-order chi connectivity index (χ1) is 10.2. The number of benzene rings is 1. The summed E-state index contributed by atoms with van der Waals surface area (Å²) in [6.07, 6.45) is 7.31. The lowest BCUT2D eigenvalue weighted by Gasteiger charge is -2.31. The van der Waals surface area contributed by atoms with Crippen LogP contribution in [0.1, 0.15) is 70.2 Å². The lowest BCUT2D eigenvalue weighted by molar-refractivity contribution is 0.396. The number of hydrogen-bond acceptors (Lipinski definition) is 0. The van der Waals surface area contributed by atoms with Gasteiger partial charge in [-0.1, -0.05) is 71.7 Å². The van der Waals surface area contributed by atoms with E-state index in [1.807, 2.05) is 13.8 Å². The Morgan fingerprint density at radius 2 is 1.50 bits per heavy atom. The molecule has 0 heteroatoms. The maximum Gasteiger partial charge on any atom is -0.00959 e. The van der Waals surface area contributed by atoms with Crippen LogP contribution in [0.4, 0.5) is 0 Å². The van der Waals surface area contributed by atoms with Crippen LogP contribution in [-0.4, -0.2) is 0 Å². The van der Waals surface area contributed by atoms with Crippen molar-refractivity contribution >= 4 is 0 Å². The smallest absolute Gasteiger partial charge is 0.00959 e. The quantitative estimate of drug-likeness (QED) is 0.540. The molecule has 0 fully saturated rings. The van der Waals surface area contributed by atoms with Crippen LogP contribution in [0.2, 0.25) is 0 Å². The molecule has 1 aromatic carbocycles. The fourth-order valence-electron chi connectivity index (χ4n) is 3.37. The maximum absolute atomic E-state index is 4.66. The second kappa shape index (κ2) is 11.1. The molecule has 0 unspecified atom stereocenters. The van der Waals surface area contributed by atoms with Gasteiger partial charge in [0.25, 0.3) is 0 Å². The van der Waals surface area contributed by atoms with Gasteiger partial charge in [0.2, 0.25) is 0 Å². The van der Waals surface area contributed by atoms with Gasteiger partial charge in [-0.15, -0.1) is 6.42 Å². The Labute approximate surface area is 140 Å². The van der Waals surface area contributed by atoms with Crippen molar-refractivity contribution in [3.63, 3.8) is 0 Å². The lowest BCUT2D eigenvalue weighted by Crippen LogP contribution is -2.22. The molecule has 0 nitrogen and oxygen atoms in total. The van der Waals surface area contributed by atoms with Crippen molar-refractivity contribution in [1.82, 2.24) is 0 Å². The van der Waals surface area contributed by atoms with E-state index in [-0.39, 0.29) is 5.41 Å². The van der Waals surface area contributed by atoms with Gasteiger partial charge in [0, 0.05) is 0 Å². The first-order valence-corrected chi connectivity index (χ1v) is 8.31. The zero-order valence-corrected chi connectivity index (χ0v) is 16.3. The summed E-state index contributed by atoms with van der Waals surface area (Å²) in [5.74, 6) is 2.94. The van der Waals surface area contributed by atoms with Crippen LogP contribution >= 0.6 is 0 Å². The molecule has 0 bridgehead atoms. The molecule has 0 amide bonds. The number of terminal acetylenes is 1. The summed E-state index contributed by atoms with van der Waals surface area (Å²) < 4.78 is 0. The fourth-order valence-corrected chi connectivity index (χ4v) is 3.37. The van der Waals surface area contributed by atoms with Crippen LogP contribution < -0.4 is 0 Å². The maximum atomic E-state index is 4.66. The van der Waals surface area contributed by atoms with Gasteiger partial charge in [-0.25, -0.2) is 0 Å². The van der Waals surface area contributed by atoms with E-state index in [4.69, 9.17) is 0 Å². The molecule has 0 radical (unpaired) electrons. The first-order valence-electron chi connectivity index (χ1n) is 8.31. The van der Waals surface area contributed by atoms with Gasteiger partial charge in [-0.2, -0.15) is 0 Å². The highest BCUT2D eigenvalue weighted by atomic mass is 14.3. The highest BCUT2D eigenvalue weighted by Crippen LogP contribution is 2.35. The topological polar surface area (TPSA) is 0 Å². The zero-order chi connectivity index (χ0) is 17.9. The molecule has 0 saturated heterocycles.